The molecular weight excluding hydrogens is 242 g/mol. The van der Waals surface area contributed by atoms with E-state index in [2.05, 4.69) is 5.32 Å². The minimum Gasteiger partial charge on any atom is -0.490 e. The highest BCUT2D eigenvalue weighted by molar-refractivity contribution is 5.96. The summed E-state index contributed by atoms with van der Waals surface area (Å²) in [6, 6.07) is 7.34. The van der Waals surface area contributed by atoms with Crippen LogP contribution >= 0.6 is 0 Å². The highest BCUT2D eigenvalue weighted by Crippen LogP contribution is 2.20. The van der Waals surface area contributed by atoms with E-state index in [0.29, 0.717) is 24.5 Å². The van der Waals surface area contributed by atoms with Crippen LogP contribution < -0.4 is 10.1 Å². The molecule has 0 bridgehead atoms. The van der Waals surface area contributed by atoms with Gasteiger partial charge in [0, 0.05) is 13.2 Å². The SMILES string of the molecule is CCCNC(=O)c1ccccc1OC[C@H]1CCCO1. The van der Waals surface area contributed by atoms with Crippen LogP contribution in [0.15, 0.2) is 24.3 Å². The van der Waals surface area contributed by atoms with Crippen LogP contribution in [0, 0.1) is 0 Å². The molecular formula is C15H21NO3. The Bertz CT molecular complexity index is 414. The summed E-state index contributed by atoms with van der Waals surface area (Å²) in [6.45, 7) is 4.03. The van der Waals surface area contributed by atoms with Gasteiger partial charge in [-0.2, -0.15) is 0 Å². The molecule has 1 fully saturated rings. The van der Waals surface area contributed by atoms with Gasteiger partial charge < -0.3 is 14.8 Å². The summed E-state index contributed by atoms with van der Waals surface area (Å²) in [5, 5.41) is 2.87. The predicted molar refractivity (Wildman–Crippen MR) is 73.5 cm³/mol. The summed E-state index contributed by atoms with van der Waals surface area (Å²) < 4.78 is 11.3. The maximum absolute atomic E-state index is 12.0. The van der Waals surface area contributed by atoms with Crippen molar-refractivity contribution >= 4 is 5.91 Å². The Morgan fingerprint density at radius 2 is 2.32 bits per heavy atom. The van der Waals surface area contributed by atoms with Gasteiger partial charge in [0.25, 0.3) is 5.91 Å². The van der Waals surface area contributed by atoms with E-state index in [1.807, 2.05) is 25.1 Å². The zero-order valence-corrected chi connectivity index (χ0v) is 11.4. The van der Waals surface area contributed by atoms with Crippen LogP contribution in [0.3, 0.4) is 0 Å². The molecule has 0 aliphatic carbocycles. The van der Waals surface area contributed by atoms with E-state index in [-0.39, 0.29) is 12.0 Å². The van der Waals surface area contributed by atoms with Crippen LogP contribution in [0.25, 0.3) is 0 Å². The highest BCUT2D eigenvalue weighted by atomic mass is 16.5. The van der Waals surface area contributed by atoms with Gasteiger partial charge in [-0.3, -0.25) is 4.79 Å². The predicted octanol–water partition coefficient (Wildman–Crippen LogP) is 2.38. The Labute approximate surface area is 114 Å². The molecule has 104 valence electrons. The van der Waals surface area contributed by atoms with Crippen LogP contribution in [0.5, 0.6) is 5.75 Å². The van der Waals surface area contributed by atoms with Crippen LogP contribution in [-0.2, 0) is 4.74 Å². The molecule has 1 aromatic carbocycles. The van der Waals surface area contributed by atoms with Crippen molar-refractivity contribution in [3.63, 3.8) is 0 Å². The third-order valence-electron chi connectivity index (χ3n) is 3.12. The van der Waals surface area contributed by atoms with Crippen LogP contribution in [0.1, 0.15) is 36.5 Å². The van der Waals surface area contributed by atoms with Gasteiger partial charge in [-0.25, -0.2) is 0 Å². The number of nitrogens with one attached hydrogen (secondary N) is 1. The third-order valence-corrected chi connectivity index (χ3v) is 3.12. The molecule has 1 amide bonds. The van der Waals surface area contributed by atoms with E-state index in [9.17, 15) is 4.79 Å². The van der Waals surface area contributed by atoms with Crippen LogP contribution in [0.4, 0.5) is 0 Å². The van der Waals surface area contributed by atoms with Gasteiger partial charge >= 0.3 is 0 Å². The lowest BCUT2D eigenvalue weighted by atomic mass is 10.2. The van der Waals surface area contributed by atoms with Gasteiger partial charge in [0.15, 0.2) is 0 Å². The molecule has 1 saturated heterocycles. The van der Waals surface area contributed by atoms with Gasteiger partial charge in [0.2, 0.25) is 0 Å². The first-order valence-corrected chi connectivity index (χ1v) is 6.93. The molecule has 4 heteroatoms. The van der Waals surface area contributed by atoms with Crippen molar-refractivity contribution < 1.29 is 14.3 Å². The zero-order chi connectivity index (χ0) is 13.5. The minimum absolute atomic E-state index is 0.0789. The average Bonchev–Trinajstić information content (AvgIpc) is 2.96. The smallest absolute Gasteiger partial charge is 0.255 e. The Morgan fingerprint density at radius 1 is 1.47 bits per heavy atom. The van der Waals surface area contributed by atoms with Crippen molar-refractivity contribution in [1.29, 1.82) is 0 Å². The molecule has 4 nitrogen and oxygen atoms in total. The summed E-state index contributed by atoms with van der Waals surface area (Å²) in [6.07, 6.45) is 3.20. The summed E-state index contributed by atoms with van der Waals surface area (Å²) in [4.78, 5) is 12.0. The monoisotopic (exact) mass is 263 g/mol. The van der Waals surface area contributed by atoms with Gasteiger partial charge in [-0.15, -0.1) is 0 Å². The number of amides is 1. The summed E-state index contributed by atoms with van der Waals surface area (Å²) >= 11 is 0. The molecule has 1 heterocycles. The van der Waals surface area contributed by atoms with E-state index in [4.69, 9.17) is 9.47 Å². The number of hydrogen-bond donors (Lipinski definition) is 1. The van der Waals surface area contributed by atoms with Crippen LogP contribution in [-0.4, -0.2) is 31.8 Å². The molecule has 1 aliphatic rings. The molecule has 1 atom stereocenters. The molecule has 0 spiro atoms. The van der Waals surface area contributed by atoms with Gasteiger partial charge in [0.1, 0.15) is 12.4 Å². The van der Waals surface area contributed by atoms with Crippen molar-refractivity contribution in [2.45, 2.75) is 32.3 Å². The first kappa shape index (κ1) is 13.9. The fourth-order valence-corrected chi connectivity index (χ4v) is 2.07. The molecule has 2 rings (SSSR count). The Kier molecular flexibility index (Phi) is 5.21. The molecule has 0 radical (unpaired) electrons. The molecule has 1 N–H and O–H groups in total. The molecule has 19 heavy (non-hydrogen) atoms. The summed E-state index contributed by atoms with van der Waals surface area (Å²) in [7, 11) is 0. The number of benzene rings is 1. The van der Waals surface area contributed by atoms with Crippen molar-refractivity contribution in [3.8, 4) is 5.75 Å². The Morgan fingerprint density at radius 3 is 3.05 bits per heavy atom. The molecule has 1 aliphatic heterocycles. The minimum atomic E-state index is -0.0789. The maximum atomic E-state index is 12.0. The van der Waals surface area contributed by atoms with Gasteiger partial charge in [-0.05, 0) is 31.4 Å². The average molecular weight is 263 g/mol. The van der Waals surface area contributed by atoms with E-state index in [1.54, 1.807) is 6.07 Å². The lowest BCUT2D eigenvalue weighted by molar-refractivity contribution is 0.0670. The number of rotatable bonds is 6. The van der Waals surface area contributed by atoms with Crippen molar-refractivity contribution in [3.05, 3.63) is 29.8 Å². The van der Waals surface area contributed by atoms with Crippen molar-refractivity contribution in [2.24, 2.45) is 0 Å². The van der Waals surface area contributed by atoms with Gasteiger partial charge in [-0.1, -0.05) is 19.1 Å². The second-order valence-corrected chi connectivity index (χ2v) is 4.70. The molecule has 0 saturated carbocycles. The fraction of sp³-hybridized carbons (Fsp3) is 0.533. The van der Waals surface area contributed by atoms with Gasteiger partial charge in [0.05, 0.1) is 11.7 Å². The van der Waals surface area contributed by atoms with E-state index in [1.165, 1.54) is 0 Å². The fourth-order valence-electron chi connectivity index (χ4n) is 2.07. The largest absolute Gasteiger partial charge is 0.490 e. The van der Waals surface area contributed by atoms with E-state index in [0.717, 1.165) is 25.9 Å². The first-order valence-electron chi connectivity index (χ1n) is 6.93. The number of para-hydroxylation sites is 1. The number of ether oxygens (including phenoxy) is 2. The standard InChI is InChI=1S/C15H21NO3/c1-2-9-16-15(17)13-7-3-4-8-14(13)19-11-12-6-5-10-18-12/h3-4,7-8,12H,2,5-6,9-11H2,1H3,(H,16,17)/t12-/m1/s1. The Hall–Kier alpha value is -1.55. The number of hydrogen-bond acceptors (Lipinski definition) is 3. The van der Waals surface area contributed by atoms with Crippen LogP contribution in [0.2, 0.25) is 0 Å². The zero-order valence-electron chi connectivity index (χ0n) is 11.4. The first-order chi connectivity index (χ1) is 9.31. The molecule has 0 unspecified atom stereocenters. The lowest BCUT2D eigenvalue weighted by Crippen LogP contribution is -2.25. The third kappa shape index (κ3) is 3.96. The topological polar surface area (TPSA) is 47.6 Å². The normalized spacial score (nSPS) is 18.3. The highest BCUT2D eigenvalue weighted by Gasteiger charge is 2.18. The quantitative estimate of drug-likeness (QED) is 0.857. The second kappa shape index (κ2) is 7.14. The number of carbonyl (C=O) groups is 1. The number of carbonyl (C=O) groups excluding carboxylic acids is 1. The van der Waals surface area contributed by atoms with Crippen molar-refractivity contribution in [2.75, 3.05) is 19.8 Å². The Balaban J connectivity index is 1.96. The van der Waals surface area contributed by atoms with E-state index >= 15 is 0 Å². The summed E-state index contributed by atoms with van der Waals surface area (Å²) in [5.74, 6) is 0.552. The maximum Gasteiger partial charge on any atom is 0.255 e. The van der Waals surface area contributed by atoms with Crippen molar-refractivity contribution in [1.82, 2.24) is 5.32 Å². The summed E-state index contributed by atoms with van der Waals surface area (Å²) in [5.41, 5.74) is 0.592. The second-order valence-electron chi connectivity index (χ2n) is 4.70. The lowest BCUT2D eigenvalue weighted by Gasteiger charge is -2.14. The molecule has 1 aromatic rings. The molecule has 0 aromatic heterocycles. The van der Waals surface area contributed by atoms with E-state index < -0.39 is 0 Å².